The Labute approximate surface area is 147 Å². The fourth-order valence-electron chi connectivity index (χ4n) is 2.93. The van der Waals surface area contributed by atoms with E-state index in [2.05, 4.69) is 38.0 Å². The summed E-state index contributed by atoms with van der Waals surface area (Å²) in [5, 5.41) is 13.6. The smallest absolute Gasteiger partial charge is 0.275 e. The van der Waals surface area contributed by atoms with Crippen molar-refractivity contribution in [1.29, 1.82) is 0 Å². The van der Waals surface area contributed by atoms with E-state index in [1.54, 1.807) is 16.9 Å². The minimum absolute atomic E-state index is 0.0474. The van der Waals surface area contributed by atoms with E-state index in [4.69, 9.17) is 5.21 Å². The second-order valence-corrected chi connectivity index (χ2v) is 8.51. The molecule has 7 heteroatoms. The third-order valence-corrected chi connectivity index (χ3v) is 5.51. The van der Waals surface area contributed by atoms with Crippen LogP contribution in [0.5, 0.6) is 0 Å². The number of carbonyl (C=O) groups is 2. The highest BCUT2D eigenvalue weighted by Gasteiger charge is 2.32. The molecule has 0 saturated carbocycles. The standard InChI is InChI=1S/C17H27N3O3S/c1-17(2,3)14(13-9-12(10-24-13)16(22)19-23)18-15(21)11-5-7-20(4)8-6-11/h9-11,14,23H,5-8H2,1-4H3,(H,18,21)(H,19,22). The van der Waals surface area contributed by atoms with Crippen LogP contribution in [0.25, 0.3) is 0 Å². The fraction of sp³-hybridized carbons (Fsp3) is 0.647. The summed E-state index contributed by atoms with van der Waals surface area (Å²) in [5.41, 5.74) is 1.87. The molecule has 0 bridgehead atoms. The van der Waals surface area contributed by atoms with Gasteiger partial charge in [-0.25, -0.2) is 5.48 Å². The van der Waals surface area contributed by atoms with Crippen LogP contribution >= 0.6 is 11.3 Å². The lowest BCUT2D eigenvalue weighted by molar-refractivity contribution is -0.127. The lowest BCUT2D eigenvalue weighted by atomic mass is 9.84. The third-order valence-electron chi connectivity index (χ3n) is 4.51. The molecule has 0 aromatic carbocycles. The number of rotatable bonds is 4. The maximum Gasteiger partial charge on any atom is 0.275 e. The molecule has 0 spiro atoms. The van der Waals surface area contributed by atoms with E-state index < -0.39 is 5.91 Å². The quantitative estimate of drug-likeness (QED) is 0.573. The number of hydrogen-bond acceptors (Lipinski definition) is 5. The predicted molar refractivity (Wildman–Crippen MR) is 94.1 cm³/mol. The Kier molecular flexibility index (Phi) is 6.01. The van der Waals surface area contributed by atoms with Crippen molar-refractivity contribution in [3.05, 3.63) is 21.9 Å². The molecule has 1 aliphatic heterocycles. The summed E-state index contributed by atoms with van der Waals surface area (Å²) >= 11 is 1.42. The lowest BCUT2D eigenvalue weighted by Gasteiger charge is -2.34. The molecule has 1 fully saturated rings. The Bertz CT molecular complexity index is 586. The molecule has 24 heavy (non-hydrogen) atoms. The van der Waals surface area contributed by atoms with Crippen molar-refractivity contribution in [1.82, 2.24) is 15.7 Å². The van der Waals surface area contributed by atoms with Crippen LogP contribution in [-0.4, -0.2) is 42.1 Å². The van der Waals surface area contributed by atoms with Crippen LogP contribution in [0, 0.1) is 11.3 Å². The Morgan fingerprint density at radius 3 is 2.50 bits per heavy atom. The van der Waals surface area contributed by atoms with Crippen molar-refractivity contribution < 1.29 is 14.8 Å². The first kappa shape index (κ1) is 18.9. The van der Waals surface area contributed by atoms with Crippen molar-refractivity contribution >= 4 is 23.2 Å². The Balaban J connectivity index is 2.13. The first-order chi connectivity index (χ1) is 11.2. The van der Waals surface area contributed by atoms with Gasteiger partial charge in [-0.15, -0.1) is 11.3 Å². The van der Waals surface area contributed by atoms with Gasteiger partial charge < -0.3 is 10.2 Å². The van der Waals surface area contributed by atoms with Crippen molar-refractivity contribution in [2.24, 2.45) is 11.3 Å². The van der Waals surface area contributed by atoms with Crippen molar-refractivity contribution in [3.63, 3.8) is 0 Å². The van der Waals surface area contributed by atoms with Gasteiger partial charge in [0, 0.05) is 16.2 Å². The van der Waals surface area contributed by atoms with Gasteiger partial charge in [-0.3, -0.25) is 14.8 Å². The van der Waals surface area contributed by atoms with Crippen LogP contribution in [0.3, 0.4) is 0 Å². The van der Waals surface area contributed by atoms with Crippen molar-refractivity contribution in [2.75, 3.05) is 20.1 Å². The second-order valence-electron chi connectivity index (χ2n) is 7.56. The maximum absolute atomic E-state index is 12.7. The van der Waals surface area contributed by atoms with Gasteiger partial charge in [-0.2, -0.15) is 0 Å². The minimum atomic E-state index is -0.535. The molecule has 2 heterocycles. The zero-order valence-corrected chi connectivity index (χ0v) is 15.6. The van der Waals surface area contributed by atoms with E-state index in [0.717, 1.165) is 30.8 Å². The summed E-state index contributed by atoms with van der Waals surface area (Å²) in [6.45, 7) is 8.09. The summed E-state index contributed by atoms with van der Waals surface area (Å²) in [5.74, 6) is -0.400. The molecule has 1 aromatic rings. The molecule has 1 saturated heterocycles. The minimum Gasteiger partial charge on any atom is -0.348 e. The van der Waals surface area contributed by atoms with E-state index in [9.17, 15) is 9.59 Å². The molecule has 1 aromatic heterocycles. The number of nitrogens with one attached hydrogen (secondary N) is 2. The average molecular weight is 353 g/mol. The summed E-state index contributed by atoms with van der Waals surface area (Å²) in [6, 6.07) is 1.57. The molecule has 1 unspecified atom stereocenters. The van der Waals surface area contributed by atoms with E-state index >= 15 is 0 Å². The number of thiophene rings is 1. The number of hydroxylamine groups is 1. The molecule has 0 radical (unpaired) electrons. The predicted octanol–water partition coefficient (Wildman–Crippen LogP) is 2.41. The molecule has 1 atom stereocenters. The molecule has 3 N–H and O–H groups in total. The molecular formula is C17H27N3O3S. The first-order valence-electron chi connectivity index (χ1n) is 8.24. The van der Waals surface area contributed by atoms with Crippen LogP contribution in [0.1, 0.15) is 54.9 Å². The zero-order valence-electron chi connectivity index (χ0n) is 14.8. The van der Waals surface area contributed by atoms with Gasteiger partial charge in [0.1, 0.15) is 0 Å². The number of hydrogen-bond donors (Lipinski definition) is 3. The van der Waals surface area contributed by atoms with Gasteiger partial charge in [0.05, 0.1) is 11.6 Å². The van der Waals surface area contributed by atoms with Crippen molar-refractivity contribution in [2.45, 2.75) is 39.7 Å². The Morgan fingerprint density at radius 2 is 1.96 bits per heavy atom. The number of carbonyl (C=O) groups excluding carboxylic acids is 2. The monoisotopic (exact) mass is 353 g/mol. The third kappa shape index (κ3) is 4.55. The average Bonchev–Trinajstić information content (AvgIpc) is 3.00. The highest BCUT2D eigenvalue weighted by Crippen LogP contribution is 2.36. The number of nitrogens with zero attached hydrogens (tertiary/aromatic N) is 1. The lowest BCUT2D eigenvalue weighted by Crippen LogP contribution is -2.43. The van der Waals surface area contributed by atoms with E-state index in [1.165, 1.54) is 11.3 Å². The zero-order chi connectivity index (χ0) is 17.9. The second kappa shape index (κ2) is 7.63. The van der Waals surface area contributed by atoms with Gasteiger partial charge in [-0.1, -0.05) is 20.8 Å². The van der Waals surface area contributed by atoms with E-state index in [1.807, 2.05) is 0 Å². The van der Waals surface area contributed by atoms with Gasteiger partial charge in [-0.05, 0) is 44.5 Å². The van der Waals surface area contributed by atoms with Crippen LogP contribution in [-0.2, 0) is 4.79 Å². The highest BCUT2D eigenvalue weighted by atomic mass is 32.1. The van der Waals surface area contributed by atoms with E-state index in [0.29, 0.717) is 5.56 Å². The summed E-state index contributed by atoms with van der Waals surface area (Å²) in [7, 11) is 2.07. The molecule has 134 valence electrons. The topological polar surface area (TPSA) is 81.7 Å². The largest absolute Gasteiger partial charge is 0.348 e. The number of amides is 2. The number of likely N-dealkylation sites (tertiary alicyclic amines) is 1. The van der Waals surface area contributed by atoms with Crippen molar-refractivity contribution in [3.8, 4) is 0 Å². The first-order valence-corrected chi connectivity index (χ1v) is 9.12. The number of piperidine rings is 1. The van der Waals surface area contributed by atoms with Gasteiger partial charge in [0.25, 0.3) is 5.91 Å². The molecule has 1 aliphatic rings. The molecular weight excluding hydrogens is 326 g/mol. The molecule has 6 nitrogen and oxygen atoms in total. The fourth-order valence-corrected chi connectivity index (χ4v) is 4.11. The molecule has 0 aliphatic carbocycles. The van der Waals surface area contributed by atoms with Crippen LogP contribution < -0.4 is 10.8 Å². The molecule has 2 rings (SSSR count). The highest BCUT2D eigenvalue weighted by molar-refractivity contribution is 7.10. The Hall–Kier alpha value is -1.44. The normalized spacial score (nSPS) is 18.2. The summed E-state index contributed by atoms with van der Waals surface area (Å²) < 4.78 is 0. The van der Waals surface area contributed by atoms with Gasteiger partial charge >= 0.3 is 0 Å². The van der Waals surface area contributed by atoms with E-state index in [-0.39, 0.29) is 23.3 Å². The van der Waals surface area contributed by atoms with Gasteiger partial charge in [0.15, 0.2) is 0 Å². The Morgan fingerprint density at radius 1 is 1.33 bits per heavy atom. The maximum atomic E-state index is 12.7. The summed E-state index contributed by atoms with van der Waals surface area (Å²) in [4.78, 5) is 27.4. The SMILES string of the molecule is CN1CCC(C(=O)NC(c2cc(C(=O)NO)cs2)C(C)(C)C)CC1. The van der Waals surface area contributed by atoms with Crippen LogP contribution in [0.4, 0.5) is 0 Å². The van der Waals surface area contributed by atoms with Gasteiger partial charge in [0.2, 0.25) is 5.91 Å². The van der Waals surface area contributed by atoms with Crippen LogP contribution in [0.2, 0.25) is 0 Å². The molecule has 2 amide bonds. The van der Waals surface area contributed by atoms with Crippen LogP contribution in [0.15, 0.2) is 11.4 Å². The summed E-state index contributed by atoms with van der Waals surface area (Å²) in [6.07, 6.45) is 1.75.